The largest absolute Gasteiger partial charge is 0.352 e. The molecule has 1 saturated carbocycles. The Bertz CT molecular complexity index is 182. The summed E-state index contributed by atoms with van der Waals surface area (Å²) in [7, 11) is 0. The number of carbonyl (C=O) groups is 1. The highest BCUT2D eigenvalue weighted by molar-refractivity contribution is 5.82. The standard InChI is InChI=1S/C10H20N2O/c1-3-5-8(11)10(13)12-9-6-7(9)4-2/h7-9H,3-6,11H2,1-2H3,(H,12,13)/t7?,8-,9?/m1/s1. The van der Waals surface area contributed by atoms with Crippen LogP contribution in [0.5, 0.6) is 0 Å². The first-order valence-electron chi connectivity index (χ1n) is 5.25. The minimum Gasteiger partial charge on any atom is -0.352 e. The molecule has 0 bridgehead atoms. The molecule has 3 nitrogen and oxygen atoms in total. The van der Waals surface area contributed by atoms with Crippen molar-refractivity contribution in [3.63, 3.8) is 0 Å². The van der Waals surface area contributed by atoms with Crippen LogP contribution in [0.4, 0.5) is 0 Å². The maximum absolute atomic E-state index is 11.4. The molecule has 0 aromatic rings. The van der Waals surface area contributed by atoms with Gasteiger partial charge in [-0.05, 0) is 18.8 Å². The van der Waals surface area contributed by atoms with Crippen LogP contribution in [0.2, 0.25) is 0 Å². The second-order valence-electron chi connectivity index (χ2n) is 3.91. The summed E-state index contributed by atoms with van der Waals surface area (Å²) in [5.74, 6) is 0.737. The first-order valence-corrected chi connectivity index (χ1v) is 5.25. The van der Waals surface area contributed by atoms with Crippen LogP contribution < -0.4 is 11.1 Å². The quantitative estimate of drug-likeness (QED) is 0.670. The van der Waals surface area contributed by atoms with Crippen LogP contribution in [0, 0.1) is 5.92 Å². The van der Waals surface area contributed by atoms with E-state index in [9.17, 15) is 4.79 Å². The van der Waals surface area contributed by atoms with Crippen molar-refractivity contribution in [3.8, 4) is 0 Å². The molecular formula is C10H20N2O. The molecule has 13 heavy (non-hydrogen) atoms. The fraction of sp³-hybridized carbons (Fsp3) is 0.900. The third-order valence-corrected chi connectivity index (χ3v) is 2.71. The van der Waals surface area contributed by atoms with Crippen LogP contribution >= 0.6 is 0 Å². The second-order valence-corrected chi connectivity index (χ2v) is 3.91. The van der Waals surface area contributed by atoms with Crippen molar-refractivity contribution >= 4 is 5.91 Å². The molecule has 0 aromatic carbocycles. The maximum atomic E-state index is 11.4. The molecule has 2 unspecified atom stereocenters. The lowest BCUT2D eigenvalue weighted by Gasteiger charge is -2.10. The Balaban J connectivity index is 2.18. The van der Waals surface area contributed by atoms with E-state index in [2.05, 4.69) is 12.2 Å². The van der Waals surface area contributed by atoms with Gasteiger partial charge in [0.15, 0.2) is 0 Å². The first-order chi connectivity index (χ1) is 6.19. The molecule has 0 aliphatic heterocycles. The molecule has 0 aromatic heterocycles. The van der Waals surface area contributed by atoms with Crippen LogP contribution in [0.25, 0.3) is 0 Å². The van der Waals surface area contributed by atoms with Gasteiger partial charge in [-0.25, -0.2) is 0 Å². The highest BCUT2D eigenvalue weighted by Crippen LogP contribution is 2.33. The topological polar surface area (TPSA) is 55.1 Å². The minimum absolute atomic E-state index is 0.0304. The summed E-state index contributed by atoms with van der Waals surface area (Å²) < 4.78 is 0. The van der Waals surface area contributed by atoms with Crippen LogP contribution in [0.15, 0.2) is 0 Å². The summed E-state index contributed by atoms with van der Waals surface area (Å²) in [6, 6.07) is 0.114. The van der Waals surface area contributed by atoms with Crippen molar-refractivity contribution in [1.82, 2.24) is 5.32 Å². The number of nitrogens with two attached hydrogens (primary N) is 1. The summed E-state index contributed by atoms with van der Waals surface area (Å²) >= 11 is 0. The minimum atomic E-state index is -0.303. The third-order valence-electron chi connectivity index (χ3n) is 2.71. The fourth-order valence-electron chi connectivity index (χ4n) is 1.61. The van der Waals surface area contributed by atoms with Crippen molar-refractivity contribution in [3.05, 3.63) is 0 Å². The number of carbonyl (C=O) groups excluding carboxylic acids is 1. The number of nitrogens with one attached hydrogen (secondary N) is 1. The number of hydrogen-bond donors (Lipinski definition) is 2. The van der Waals surface area contributed by atoms with Gasteiger partial charge < -0.3 is 11.1 Å². The molecule has 0 saturated heterocycles. The van der Waals surface area contributed by atoms with Crippen LogP contribution in [-0.4, -0.2) is 18.0 Å². The van der Waals surface area contributed by atoms with Gasteiger partial charge in [-0.2, -0.15) is 0 Å². The van der Waals surface area contributed by atoms with E-state index < -0.39 is 0 Å². The Hall–Kier alpha value is -0.570. The second kappa shape index (κ2) is 4.61. The van der Waals surface area contributed by atoms with Gasteiger partial charge >= 0.3 is 0 Å². The average Bonchev–Trinajstić information content (AvgIpc) is 2.83. The molecule has 76 valence electrons. The molecule has 1 aliphatic rings. The van der Waals surface area contributed by atoms with Gasteiger partial charge in [-0.15, -0.1) is 0 Å². The van der Waals surface area contributed by atoms with E-state index in [1.165, 1.54) is 0 Å². The Labute approximate surface area is 80.1 Å². The molecule has 0 spiro atoms. The van der Waals surface area contributed by atoms with E-state index in [1.54, 1.807) is 0 Å². The Morgan fingerprint density at radius 2 is 2.31 bits per heavy atom. The Kier molecular flexibility index (Phi) is 3.72. The summed E-state index contributed by atoms with van der Waals surface area (Å²) in [4.78, 5) is 11.4. The van der Waals surface area contributed by atoms with Gasteiger partial charge in [-0.3, -0.25) is 4.79 Å². The van der Waals surface area contributed by atoms with Gasteiger partial charge in [-0.1, -0.05) is 26.7 Å². The molecule has 3 N–H and O–H groups in total. The van der Waals surface area contributed by atoms with E-state index in [0.29, 0.717) is 12.0 Å². The molecule has 0 radical (unpaired) electrons. The molecule has 1 aliphatic carbocycles. The normalized spacial score (nSPS) is 28.2. The Morgan fingerprint density at radius 3 is 2.77 bits per heavy atom. The lowest BCUT2D eigenvalue weighted by atomic mass is 10.1. The lowest BCUT2D eigenvalue weighted by molar-refractivity contribution is -0.122. The SMILES string of the molecule is CCC[C@@H](N)C(=O)NC1CC1CC. The van der Waals surface area contributed by atoms with Gasteiger partial charge in [0, 0.05) is 6.04 Å². The number of amides is 1. The van der Waals surface area contributed by atoms with Crippen LogP contribution in [0.3, 0.4) is 0 Å². The van der Waals surface area contributed by atoms with Crippen molar-refractivity contribution < 1.29 is 4.79 Å². The smallest absolute Gasteiger partial charge is 0.237 e. The zero-order valence-corrected chi connectivity index (χ0v) is 8.55. The summed E-state index contributed by atoms with van der Waals surface area (Å²) in [6.07, 6.45) is 4.06. The zero-order chi connectivity index (χ0) is 9.84. The van der Waals surface area contributed by atoms with Gasteiger partial charge in [0.2, 0.25) is 5.91 Å². The molecular weight excluding hydrogens is 164 g/mol. The van der Waals surface area contributed by atoms with Gasteiger partial charge in [0.25, 0.3) is 0 Å². The predicted molar refractivity (Wildman–Crippen MR) is 53.2 cm³/mol. The first kappa shape index (κ1) is 10.5. The number of hydrogen-bond acceptors (Lipinski definition) is 2. The number of rotatable bonds is 5. The molecule has 0 heterocycles. The van der Waals surface area contributed by atoms with Crippen LogP contribution in [-0.2, 0) is 4.79 Å². The molecule has 1 amide bonds. The van der Waals surface area contributed by atoms with E-state index in [-0.39, 0.29) is 11.9 Å². The monoisotopic (exact) mass is 184 g/mol. The van der Waals surface area contributed by atoms with Crippen molar-refractivity contribution in [2.45, 2.75) is 51.6 Å². The van der Waals surface area contributed by atoms with Gasteiger partial charge in [0.1, 0.15) is 0 Å². The van der Waals surface area contributed by atoms with E-state index in [1.807, 2.05) is 6.92 Å². The van der Waals surface area contributed by atoms with E-state index in [4.69, 9.17) is 5.73 Å². The van der Waals surface area contributed by atoms with Crippen molar-refractivity contribution in [1.29, 1.82) is 0 Å². The lowest BCUT2D eigenvalue weighted by Crippen LogP contribution is -2.41. The highest BCUT2D eigenvalue weighted by atomic mass is 16.2. The molecule has 3 atom stereocenters. The van der Waals surface area contributed by atoms with E-state index >= 15 is 0 Å². The van der Waals surface area contributed by atoms with Crippen LogP contribution in [0.1, 0.15) is 39.5 Å². The summed E-state index contributed by atoms with van der Waals surface area (Å²) in [6.45, 7) is 4.20. The molecule has 3 heteroatoms. The summed E-state index contributed by atoms with van der Waals surface area (Å²) in [5.41, 5.74) is 5.68. The molecule has 1 rings (SSSR count). The van der Waals surface area contributed by atoms with E-state index in [0.717, 1.165) is 25.7 Å². The third kappa shape index (κ3) is 2.99. The zero-order valence-electron chi connectivity index (χ0n) is 8.55. The highest BCUT2D eigenvalue weighted by Gasteiger charge is 2.36. The Morgan fingerprint density at radius 1 is 1.62 bits per heavy atom. The average molecular weight is 184 g/mol. The fourth-order valence-corrected chi connectivity index (χ4v) is 1.61. The van der Waals surface area contributed by atoms with Crippen molar-refractivity contribution in [2.24, 2.45) is 11.7 Å². The van der Waals surface area contributed by atoms with Crippen molar-refractivity contribution in [2.75, 3.05) is 0 Å². The predicted octanol–water partition coefficient (Wildman–Crippen LogP) is 1.03. The summed E-state index contributed by atoms with van der Waals surface area (Å²) in [5, 5.41) is 2.98. The molecule has 1 fully saturated rings. The maximum Gasteiger partial charge on any atom is 0.237 e. The van der Waals surface area contributed by atoms with Gasteiger partial charge in [0.05, 0.1) is 6.04 Å².